The van der Waals surface area contributed by atoms with Gasteiger partial charge in [0.05, 0.1) is 0 Å². The molecule has 0 unspecified atom stereocenters. The predicted molar refractivity (Wildman–Crippen MR) is 95.0 cm³/mol. The number of hydrogen-bond acceptors (Lipinski definition) is 3. The van der Waals surface area contributed by atoms with Crippen LogP contribution in [-0.2, 0) is 9.59 Å². The molecule has 0 aliphatic carbocycles. The Labute approximate surface area is 140 Å². The Morgan fingerprint density at radius 2 is 1.65 bits per heavy atom. The Balaban J connectivity index is 3.61. The number of aliphatic hydroxyl groups is 1. The maximum absolute atomic E-state index is 11.5. The molecule has 3 nitrogen and oxygen atoms in total. The lowest BCUT2D eigenvalue weighted by molar-refractivity contribution is -0.123. The van der Waals surface area contributed by atoms with Crippen LogP contribution in [0.15, 0.2) is 23.8 Å². The molecule has 0 bridgehead atoms. The molecule has 0 aromatic rings. The summed E-state index contributed by atoms with van der Waals surface area (Å²) in [4.78, 5) is 22.3. The summed E-state index contributed by atoms with van der Waals surface area (Å²) >= 11 is 0. The van der Waals surface area contributed by atoms with Crippen LogP contribution in [0.25, 0.3) is 0 Å². The Hall–Kier alpha value is -1.66. The molecular formula is C20H30O3. The van der Waals surface area contributed by atoms with E-state index in [1.54, 1.807) is 0 Å². The number of carbonyl (C=O) groups is 2. The fourth-order valence-corrected chi connectivity index (χ4v) is 2.04. The van der Waals surface area contributed by atoms with E-state index in [1.165, 1.54) is 12.5 Å². The first kappa shape index (κ1) is 21.3. The number of aliphatic hydroxyl groups excluding tert-OH is 1. The molecule has 0 saturated heterocycles. The predicted octanol–water partition coefficient (Wildman–Crippen LogP) is 4.15. The van der Waals surface area contributed by atoms with Crippen LogP contribution < -0.4 is 0 Å². The van der Waals surface area contributed by atoms with Crippen molar-refractivity contribution >= 4 is 11.6 Å². The average molecular weight is 318 g/mol. The Morgan fingerprint density at radius 1 is 0.913 bits per heavy atom. The van der Waals surface area contributed by atoms with Gasteiger partial charge in [-0.05, 0) is 46.0 Å². The minimum absolute atomic E-state index is 0.0597. The Bertz CT molecular complexity index is 461. The molecule has 23 heavy (non-hydrogen) atoms. The SMILES string of the molecule is CC(=O)CCC(=O)CCC/C=C/CC/C(C)=C/CCC#CCO. The van der Waals surface area contributed by atoms with Gasteiger partial charge in [0.1, 0.15) is 18.2 Å². The van der Waals surface area contributed by atoms with E-state index in [-0.39, 0.29) is 18.2 Å². The van der Waals surface area contributed by atoms with E-state index >= 15 is 0 Å². The van der Waals surface area contributed by atoms with E-state index in [0.29, 0.717) is 19.3 Å². The van der Waals surface area contributed by atoms with Crippen molar-refractivity contribution < 1.29 is 14.7 Å². The molecule has 1 N–H and O–H groups in total. The second kappa shape index (κ2) is 15.2. The summed E-state index contributed by atoms with van der Waals surface area (Å²) in [5.74, 6) is 5.82. The number of rotatable bonds is 12. The molecule has 0 radical (unpaired) electrons. The number of hydrogen-bond donors (Lipinski definition) is 1. The van der Waals surface area contributed by atoms with Crippen LogP contribution in [0.3, 0.4) is 0 Å². The van der Waals surface area contributed by atoms with Crippen molar-refractivity contribution in [2.75, 3.05) is 6.61 Å². The maximum atomic E-state index is 11.5. The zero-order valence-corrected chi connectivity index (χ0v) is 14.6. The summed E-state index contributed by atoms with van der Waals surface area (Å²) in [6.45, 7) is 3.59. The zero-order valence-electron chi connectivity index (χ0n) is 14.6. The van der Waals surface area contributed by atoms with E-state index in [0.717, 1.165) is 38.5 Å². The summed E-state index contributed by atoms with van der Waals surface area (Å²) in [6, 6.07) is 0. The van der Waals surface area contributed by atoms with Crippen LogP contribution >= 0.6 is 0 Å². The third-order valence-corrected chi connectivity index (χ3v) is 3.42. The highest BCUT2D eigenvalue weighted by molar-refractivity contribution is 5.84. The topological polar surface area (TPSA) is 54.4 Å². The van der Waals surface area contributed by atoms with Gasteiger partial charge in [-0.15, -0.1) is 5.92 Å². The molecule has 0 fully saturated rings. The van der Waals surface area contributed by atoms with Gasteiger partial charge in [0, 0.05) is 25.7 Å². The van der Waals surface area contributed by atoms with Crippen LogP contribution in [-0.4, -0.2) is 23.3 Å². The third kappa shape index (κ3) is 16.5. The lowest BCUT2D eigenvalue weighted by Crippen LogP contribution is -2.00. The number of carbonyl (C=O) groups excluding carboxylic acids is 2. The van der Waals surface area contributed by atoms with Crippen LogP contribution in [0.4, 0.5) is 0 Å². The quantitative estimate of drug-likeness (QED) is 0.334. The first-order valence-electron chi connectivity index (χ1n) is 8.44. The van der Waals surface area contributed by atoms with Gasteiger partial charge in [-0.1, -0.05) is 29.7 Å². The number of allylic oxidation sites excluding steroid dienone is 4. The van der Waals surface area contributed by atoms with Gasteiger partial charge in [0.15, 0.2) is 0 Å². The van der Waals surface area contributed by atoms with Gasteiger partial charge in [0.2, 0.25) is 0 Å². The van der Waals surface area contributed by atoms with Crippen LogP contribution in [0, 0.1) is 11.8 Å². The summed E-state index contributed by atoms with van der Waals surface area (Å²) in [7, 11) is 0. The van der Waals surface area contributed by atoms with Gasteiger partial charge >= 0.3 is 0 Å². The summed E-state index contributed by atoms with van der Waals surface area (Å²) in [6.07, 6.45) is 13.4. The minimum atomic E-state index is -0.0597. The summed E-state index contributed by atoms with van der Waals surface area (Å²) < 4.78 is 0. The van der Waals surface area contributed by atoms with Gasteiger partial charge in [-0.2, -0.15) is 0 Å². The normalized spacial score (nSPS) is 11.3. The van der Waals surface area contributed by atoms with Crippen molar-refractivity contribution in [2.45, 2.75) is 71.6 Å². The van der Waals surface area contributed by atoms with Gasteiger partial charge < -0.3 is 9.90 Å². The van der Waals surface area contributed by atoms with Crippen molar-refractivity contribution in [2.24, 2.45) is 0 Å². The highest BCUT2D eigenvalue weighted by atomic mass is 16.2. The minimum Gasteiger partial charge on any atom is -0.384 e. The molecular weight excluding hydrogens is 288 g/mol. The van der Waals surface area contributed by atoms with E-state index < -0.39 is 0 Å². The molecule has 0 aliphatic rings. The van der Waals surface area contributed by atoms with Gasteiger partial charge in [0.25, 0.3) is 0 Å². The highest BCUT2D eigenvalue weighted by Gasteiger charge is 2.02. The smallest absolute Gasteiger partial charge is 0.133 e. The molecule has 0 saturated carbocycles. The molecule has 0 rings (SSSR count). The Kier molecular flexibility index (Phi) is 14.1. The van der Waals surface area contributed by atoms with E-state index in [2.05, 4.69) is 37.0 Å². The Morgan fingerprint density at radius 3 is 2.35 bits per heavy atom. The van der Waals surface area contributed by atoms with Crippen LogP contribution in [0.5, 0.6) is 0 Å². The van der Waals surface area contributed by atoms with Crippen molar-refractivity contribution in [3.8, 4) is 11.8 Å². The van der Waals surface area contributed by atoms with Gasteiger partial charge in [-0.25, -0.2) is 0 Å². The molecule has 0 heterocycles. The largest absolute Gasteiger partial charge is 0.384 e. The molecule has 0 aromatic carbocycles. The molecule has 0 atom stereocenters. The average Bonchev–Trinajstić information content (AvgIpc) is 2.51. The molecule has 0 aliphatic heterocycles. The van der Waals surface area contributed by atoms with Crippen molar-refractivity contribution in [1.29, 1.82) is 0 Å². The fraction of sp³-hybridized carbons (Fsp3) is 0.600. The summed E-state index contributed by atoms with van der Waals surface area (Å²) in [5.41, 5.74) is 1.36. The molecule has 0 spiro atoms. The summed E-state index contributed by atoms with van der Waals surface area (Å²) in [5, 5.41) is 8.53. The van der Waals surface area contributed by atoms with Crippen LogP contribution in [0.2, 0.25) is 0 Å². The third-order valence-electron chi connectivity index (χ3n) is 3.42. The number of unbranched alkanes of at least 4 members (excludes halogenated alkanes) is 2. The van der Waals surface area contributed by atoms with Crippen molar-refractivity contribution in [3.05, 3.63) is 23.8 Å². The lowest BCUT2D eigenvalue weighted by atomic mass is 10.1. The highest BCUT2D eigenvalue weighted by Crippen LogP contribution is 2.08. The van der Waals surface area contributed by atoms with Gasteiger partial charge in [-0.3, -0.25) is 4.79 Å². The molecule has 3 heteroatoms. The zero-order chi connectivity index (χ0) is 17.3. The number of Topliss-reactive ketones (excluding diaryl/α,β-unsaturated/α-hetero) is 2. The number of ketones is 2. The van der Waals surface area contributed by atoms with Crippen LogP contribution in [0.1, 0.15) is 71.6 Å². The van der Waals surface area contributed by atoms with E-state index in [4.69, 9.17) is 5.11 Å². The molecule has 0 aromatic heterocycles. The second-order valence-electron chi connectivity index (χ2n) is 5.74. The lowest BCUT2D eigenvalue weighted by Gasteiger charge is -1.98. The first-order chi connectivity index (χ1) is 11.1. The first-order valence-corrected chi connectivity index (χ1v) is 8.44. The van der Waals surface area contributed by atoms with Crippen molar-refractivity contribution in [1.82, 2.24) is 0 Å². The maximum Gasteiger partial charge on any atom is 0.133 e. The van der Waals surface area contributed by atoms with E-state index in [9.17, 15) is 9.59 Å². The second-order valence-corrected chi connectivity index (χ2v) is 5.74. The van der Waals surface area contributed by atoms with E-state index in [1.807, 2.05) is 0 Å². The fourth-order valence-electron chi connectivity index (χ4n) is 2.04. The van der Waals surface area contributed by atoms with Crippen molar-refractivity contribution in [3.63, 3.8) is 0 Å². The monoisotopic (exact) mass is 318 g/mol. The molecule has 0 amide bonds. The standard InChI is InChI=1S/C20H30O3/c1-18(13-9-6-7-11-17-21)12-8-4-3-5-10-14-20(23)16-15-19(2)22/h3-4,13,21H,5-6,8-10,12,14-17H2,1-2H3/b4-3+,18-13+. The molecule has 128 valence electrons.